The van der Waals surface area contributed by atoms with Crippen molar-refractivity contribution in [2.45, 2.75) is 85.7 Å². The molecule has 1 aliphatic carbocycles. The van der Waals surface area contributed by atoms with Crippen LogP contribution in [0, 0.1) is 31.6 Å². The lowest BCUT2D eigenvalue weighted by Gasteiger charge is -2.32. The molecule has 0 bridgehead atoms. The molecule has 1 aromatic heterocycles. The quantitative estimate of drug-likeness (QED) is 0.512. The summed E-state index contributed by atoms with van der Waals surface area (Å²) in [4.78, 5) is 11.9. The van der Waals surface area contributed by atoms with E-state index in [1.54, 1.807) is 0 Å². The maximum Gasteiger partial charge on any atom is 0.208 e. The third-order valence-corrected chi connectivity index (χ3v) is 7.05. The molecule has 0 radical (unpaired) electrons. The van der Waals surface area contributed by atoms with Crippen LogP contribution in [0.3, 0.4) is 0 Å². The van der Waals surface area contributed by atoms with E-state index in [1.807, 2.05) is 13.8 Å². The van der Waals surface area contributed by atoms with Crippen molar-refractivity contribution in [2.75, 3.05) is 26.2 Å². The van der Waals surface area contributed by atoms with Crippen LogP contribution in [0.15, 0.2) is 9.41 Å². The van der Waals surface area contributed by atoms with Gasteiger partial charge in [0.15, 0.2) is 5.96 Å². The van der Waals surface area contributed by atoms with Gasteiger partial charge in [-0.3, -0.25) is 9.89 Å². The van der Waals surface area contributed by atoms with E-state index in [4.69, 9.17) is 9.41 Å². The first kappa shape index (κ1) is 23.1. The van der Waals surface area contributed by atoms with Crippen LogP contribution in [-0.4, -0.2) is 48.1 Å². The van der Waals surface area contributed by atoms with Crippen molar-refractivity contribution >= 4 is 5.96 Å². The van der Waals surface area contributed by atoms with Crippen molar-refractivity contribution in [2.24, 2.45) is 22.7 Å². The summed E-state index contributed by atoms with van der Waals surface area (Å²) in [5.41, 5.74) is 1.01. The molecule has 2 aliphatic rings. The minimum Gasteiger partial charge on any atom is -0.444 e. The van der Waals surface area contributed by atoms with Crippen LogP contribution >= 0.6 is 0 Å². The number of hydrogen-bond acceptors (Lipinski definition) is 4. The van der Waals surface area contributed by atoms with E-state index in [0.717, 1.165) is 67.9 Å². The molecule has 2 heterocycles. The van der Waals surface area contributed by atoms with Gasteiger partial charge >= 0.3 is 0 Å². The van der Waals surface area contributed by atoms with Crippen molar-refractivity contribution in [3.8, 4) is 0 Å². The van der Waals surface area contributed by atoms with Crippen LogP contribution in [0.4, 0.5) is 0 Å². The minimum absolute atomic E-state index is 0.576. The molecule has 2 fully saturated rings. The van der Waals surface area contributed by atoms with E-state index in [9.17, 15) is 0 Å². The lowest BCUT2D eigenvalue weighted by molar-refractivity contribution is 0.166. The highest BCUT2D eigenvalue weighted by atomic mass is 16.4. The highest BCUT2D eigenvalue weighted by molar-refractivity contribution is 5.80. The highest BCUT2D eigenvalue weighted by Gasteiger charge is 2.24. The smallest absolute Gasteiger partial charge is 0.208 e. The Labute approximate surface area is 183 Å². The van der Waals surface area contributed by atoms with Crippen LogP contribution in [-0.2, 0) is 6.54 Å². The molecule has 6 nitrogen and oxygen atoms in total. The van der Waals surface area contributed by atoms with E-state index >= 15 is 0 Å². The van der Waals surface area contributed by atoms with Gasteiger partial charge in [0, 0.05) is 19.1 Å². The van der Waals surface area contributed by atoms with E-state index in [0.29, 0.717) is 12.0 Å². The number of likely N-dealkylation sites (tertiary alicyclic amines) is 1. The first-order valence-electron chi connectivity index (χ1n) is 12.1. The molecular weight excluding hydrogens is 374 g/mol. The van der Waals surface area contributed by atoms with Crippen LogP contribution < -0.4 is 10.6 Å². The van der Waals surface area contributed by atoms with Gasteiger partial charge in [0.2, 0.25) is 5.89 Å². The zero-order chi connectivity index (χ0) is 21.5. The van der Waals surface area contributed by atoms with E-state index < -0.39 is 0 Å². The summed E-state index contributed by atoms with van der Waals surface area (Å²) in [6, 6.07) is 0.576. The lowest BCUT2D eigenvalue weighted by atomic mass is 9.80. The molecule has 0 atom stereocenters. The predicted octanol–water partition coefficient (Wildman–Crippen LogP) is 4.27. The molecule has 1 saturated carbocycles. The number of rotatable bonds is 7. The summed E-state index contributed by atoms with van der Waals surface area (Å²) in [6.07, 6.45) is 7.62. The van der Waals surface area contributed by atoms with Gasteiger partial charge in [0.25, 0.3) is 0 Å². The molecule has 30 heavy (non-hydrogen) atoms. The van der Waals surface area contributed by atoms with Crippen molar-refractivity contribution in [1.82, 2.24) is 20.5 Å². The number of nitrogens with zero attached hydrogens (tertiary/aromatic N) is 3. The second-order valence-electron chi connectivity index (χ2n) is 9.69. The number of aromatic nitrogens is 1. The topological polar surface area (TPSA) is 65.7 Å². The molecular formula is C24H43N5O. The third kappa shape index (κ3) is 6.73. The molecule has 0 unspecified atom stereocenters. The Bertz CT molecular complexity index is 648. The number of aryl methyl sites for hydroxylation is 2. The second-order valence-corrected chi connectivity index (χ2v) is 9.69. The van der Waals surface area contributed by atoms with E-state index in [1.165, 1.54) is 38.5 Å². The lowest BCUT2D eigenvalue weighted by Crippen LogP contribution is -2.45. The Kier molecular flexibility index (Phi) is 8.61. The first-order valence-corrected chi connectivity index (χ1v) is 12.1. The maximum absolute atomic E-state index is 5.75. The van der Waals surface area contributed by atoms with Crippen LogP contribution in [0.1, 0.15) is 76.6 Å². The second kappa shape index (κ2) is 11.2. The van der Waals surface area contributed by atoms with Gasteiger partial charge in [-0.2, -0.15) is 0 Å². The molecule has 0 amide bonds. The number of nitrogens with one attached hydrogen (secondary N) is 2. The largest absolute Gasteiger partial charge is 0.444 e. The Morgan fingerprint density at radius 3 is 2.40 bits per heavy atom. The SMILES string of the molecule is CCNC(=NCC1CCN(Cc2nc(C)c(C)o2)CC1)NC1CCC(C(C)C)CC1. The predicted molar refractivity (Wildman–Crippen MR) is 124 cm³/mol. The number of oxazole rings is 1. The number of piperidine rings is 1. The van der Waals surface area contributed by atoms with Gasteiger partial charge in [-0.15, -0.1) is 0 Å². The fourth-order valence-electron chi connectivity index (χ4n) is 4.79. The fraction of sp³-hybridized carbons (Fsp3) is 0.833. The molecule has 0 aromatic carbocycles. The van der Waals surface area contributed by atoms with Gasteiger partial charge in [-0.1, -0.05) is 13.8 Å². The Hall–Kier alpha value is -1.56. The summed E-state index contributed by atoms with van der Waals surface area (Å²) in [7, 11) is 0. The molecule has 3 rings (SSSR count). The average molecular weight is 418 g/mol. The highest BCUT2D eigenvalue weighted by Crippen LogP contribution is 2.29. The molecule has 2 N–H and O–H groups in total. The standard InChI is InChI=1S/C24H43N5O/c1-6-25-24(28-22-9-7-21(8-10-22)17(2)3)26-15-20-11-13-29(14-12-20)16-23-27-18(4)19(5)30-23/h17,20-22H,6-16H2,1-5H3,(H2,25,26,28). The molecule has 1 aliphatic heterocycles. The summed E-state index contributed by atoms with van der Waals surface area (Å²) >= 11 is 0. The van der Waals surface area contributed by atoms with Gasteiger partial charge < -0.3 is 15.1 Å². The minimum atomic E-state index is 0.576. The Morgan fingerprint density at radius 1 is 1.13 bits per heavy atom. The first-order chi connectivity index (χ1) is 14.4. The fourth-order valence-corrected chi connectivity index (χ4v) is 4.79. The van der Waals surface area contributed by atoms with Crippen molar-refractivity contribution in [3.05, 3.63) is 17.3 Å². The van der Waals surface area contributed by atoms with Crippen LogP contribution in [0.2, 0.25) is 0 Å². The Balaban J connectivity index is 1.42. The van der Waals surface area contributed by atoms with Crippen molar-refractivity contribution in [1.29, 1.82) is 0 Å². The zero-order valence-corrected chi connectivity index (χ0v) is 19.8. The van der Waals surface area contributed by atoms with E-state index in [-0.39, 0.29) is 0 Å². The number of hydrogen-bond donors (Lipinski definition) is 2. The van der Waals surface area contributed by atoms with Crippen molar-refractivity contribution in [3.63, 3.8) is 0 Å². The third-order valence-electron chi connectivity index (χ3n) is 7.05. The van der Waals surface area contributed by atoms with Gasteiger partial charge in [-0.25, -0.2) is 4.98 Å². The van der Waals surface area contributed by atoms with E-state index in [2.05, 4.69) is 41.3 Å². The maximum atomic E-state index is 5.75. The van der Waals surface area contributed by atoms with Gasteiger partial charge in [0.05, 0.1) is 12.2 Å². The molecule has 1 aromatic rings. The molecule has 170 valence electrons. The van der Waals surface area contributed by atoms with Gasteiger partial charge in [0.1, 0.15) is 5.76 Å². The van der Waals surface area contributed by atoms with Crippen molar-refractivity contribution < 1.29 is 4.42 Å². The monoisotopic (exact) mass is 417 g/mol. The summed E-state index contributed by atoms with van der Waals surface area (Å²) in [6.45, 7) is 15.7. The van der Waals surface area contributed by atoms with Gasteiger partial charge in [-0.05, 0) is 90.1 Å². The summed E-state index contributed by atoms with van der Waals surface area (Å²) in [5, 5.41) is 7.17. The Morgan fingerprint density at radius 2 is 1.83 bits per heavy atom. The zero-order valence-electron chi connectivity index (χ0n) is 19.8. The normalized spacial score (nSPS) is 24.4. The number of guanidine groups is 1. The summed E-state index contributed by atoms with van der Waals surface area (Å²) < 4.78 is 5.75. The summed E-state index contributed by atoms with van der Waals surface area (Å²) in [5.74, 6) is 5.19. The number of aliphatic imine (C=N–C) groups is 1. The van der Waals surface area contributed by atoms with Crippen LogP contribution in [0.25, 0.3) is 0 Å². The average Bonchev–Trinajstić information content (AvgIpc) is 3.04. The molecule has 0 spiro atoms. The molecule has 1 saturated heterocycles. The molecule has 6 heteroatoms. The van der Waals surface area contributed by atoms with Crippen LogP contribution in [0.5, 0.6) is 0 Å².